The van der Waals surface area contributed by atoms with E-state index in [9.17, 15) is 9.18 Å². The molecule has 3 atom stereocenters. The summed E-state index contributed by atoms with van der Waals surface area (Å²) in [6, 6.07) is 0. The van der Waals surface area contributed by atoms with Crippen LogP contribution in [0.3, 0.4) is 0 Å². The summed E-state index contributed by atoms with van der Waals surface area (Å²) in [5.41, 5.74) is 0. The summed E-state index contributed by atoms with van der Waals surface area (Å²) in [4.78, 5) is 11.2. The van der Waals surface area contributed by atoms with Crippen molar-refractivity contribution in [1.29, 1.82) is 0 Å². The molecule has 0 N–H and O–H groups in total. The van der Waals surface area contributed by atoms with Gasteiger partial charge in [-0.15, -0.1) is 0 Å². The summed E-state index contributed by atoms with van der Waals surface area (Å²) in [6.45, 7) is 1.96. The van der Waals surface area contributed by atoms with E-state index in [1.165, 1.54) is 0 Å². The van der Waals surface area contributed by atoms with Gasteiger partial charge in [-0.2, -0.15) is 0 Å². The molecule has 1 fully saturated rings. The zero-order chi connectivity index (χ0) is 10.6. The van der Waals surface area contributed by atoms with Gasteiger partial charge in [0.05, 0.1) is 6.61 Å². The Morgan fingerprint density at radius 2 is 2.21 bits per heavy atom. The summed E-state index contributed by atoms with van der Waals surface area (Å²) in [7, 11) is 0. The van der Waals surface area contributed by atoms with E-state index >= 15 is 0 Å². The van der Waals surface area contributed by atoms with Crippen LogP contribution >= 0.6 is 22.6 Å². The molecule has 1 aliphatic carbocycles. The minimum absolute atomic E-state index is 0.136. The first-order chi connectivity index (χ1) is 6.66. The van der Waals surface area contributed by atoms with Crippen LogP contribution in [0.15, 0.2) is 0 Å². The molecule has 0 saturated heterocycles. The molecule has 1 rings (SSSR count). The van der Waals surface area contributed by atoms with Gasteiger partial charge in [-0.3, -0.25) is 0 Å². The highest BCUT2D eigenvalue weighted by Crippen LogP contribution is 2.34. The van der Waals surface area contributed by atoms with Crippen molar-refractivity contribution in [3.63, 3.8) is 0 Å². The number of carbonyl (C=O) groups excluding carboxylic acids is 1. The Bertz CT molecular complexity index is 199. The van der Waals surface area contributed by atoms with Gasteiger partial charge < -0.3 is 4.74 Å². The zero-order valence-corrected chi connectivity index (χ0v) is 10.5. The highest BCUT2D eigenvalue weighted by Gasteiger charge is 2.35. The minimum Gasteiger partial charge on any atom is -0.464 e. The number of ether oxygens (including phenoxy) is 1. The molecule has 0 aromatic rings. The molecule has 14 heavy (non-hydrogen) atoms. The molecule has 0 amide bonds. The van der Waals surface area contributed by atoms with E-state index in [2.05, 4.69) is 27.3 Å². The maximum atomic E-state index is 13.6. The number of esters is 1. The van der Waals surface area contributed by atoms with Gasteiger partial charge in [0.1, 0.15) is 0 Å². The molecule has 0 bridgehead atoms. The maximum Gasteiger partial charge on any atom is 0.341 e. The minimum atomic E-state index is -1.42. The lowest BCUT2D eigenvalue weighted by Crippen LogP contribution is -2.34. The lowest BCUT2D eigenvalue weighted by molar-refractivity contribution is -0.151. The van der Waals surface area contributed by atoms with Crippen LogP contribution in [-0.4, -0.2) is 22.7 Å². The summed E-state index contributed by atoms with van der Waals surface area (Å²) in [6.07, 6.45) is 2.60. The van der Waals surface area contributed by atoms with E-state index in [1.807, 2.05) is 0 Å². The third kappa shape index (κ3) is 3.07. The third-order valence-corrected chi connectivity index (χ3v) is 4.17. The summed E-state index contributed by atoms with van der Waals surface area (Å²) >= 11 is 2.25. The fourth-order valence-corrected chi connectivity index (χ4v) is 3.01. The largest absolute Gasteiger partial charge is 0.464 e. The molecule has 0 spiro atoms. The van der Waals surface area contributed by atoms with E-state index < -0.39 is 12.1 Å². The third-order valence-electron chi connectivity index (χ3n) is 2.62. The molecule has 1 unspecified atom stereocenters. The predicted octanol–water partition coefficient (Wildman–Crippen LogP) is 2.88. The molecule has 0 aliphatic heterocycles. The van der Waals surface area contributed by atoms with Gasteiger partial charge in [-0.25, -0.2) is 9.18 Å². The molecular weight excluding hydrogens is 298 g/mol. The molecule has 4 heteroatoms. The average molecular weight is 314 g/mol. The predicted molar refractivity (Wildman–Crippen MR) is 61.3 cm³/mol. The number of rotatable bonds is 3. The standard InChI is InChI=1S/C10H16FIO2/c1-2-14-10(13)9(11)7-5-3-4-6-8(7)12/h7-9H,2-6H2,1H3/t7-,8-,9?/m0/s1. The van der Waals surface area contributed by atoms with Crippen molar-refractivity contribution in [2.45, 2.75) is 42.7 Å². The van der Waals surface area contributed by atoms with Crippen molar-refractivity contribution in [3.05, 3.63) is 0 Å². The fourth-order valence-electron chi connectivity index (χ4n) is 1.84. The molecule has 0 aromatic carbocycles. The first kappa shape index (κ1) is 12.2. The van der Waals surface area contributed by atoms with E-state index in [4.69, 9.17) is 0 Å². The van der Waals surface area contributed by atoms with Gasteiger partial charge in [0.2, 0.25) is 6.17 Å². The molecular formula is C10H16FIO2. The van der Waals surface area contributed by atoms with Crippen LogP contribution in [0.1, 0.15) is 32.6 Å². The van der Waals surface area contributed by atoms with Crippen LogP contribution in [0.25, 0.3) is 0 Å². The number of hydrogen-bond acceptors (Lipinski definition) is 2. The molecule has 0 radical (unpaired) electrons. The van der Waals surface area contributed by atoms with Crippen molar-refractivity contribution in [2.75, 3.05) is 6.61 Å². The average Bonchev–Trinajstić information content (AvgIpc) is 2.18. The maximum absolute atomic E-state index is 13.6. The summed E-state index contributed by atoms with van der Waals surface area (Å²) in [5, 5.41) is 0. The quantitative estimate of drug-likeness (QED) is 0.455. The van der Waals surface area contributed by atoms with Gasteiger partial charge in [0.25, 0.3) is 0 Å². The second kappa shape index (κ2) is 5.88. The van der Waals surface area contributed by atoms with Gasteiger partial charge >= 0.3 is 5.97 Å². The van der Waals surface area contributed by atoms with Gasteiger partial charge in [-0.05, 0) is 19.8 Å². The van der Waals surface area contributed by atoms with Crippen molar-refractivity contribution >= 4 is 28.6 Å². The zero-order valence-electron chi connectivity index (χ0n) is 8.34. The van der Waals surface area contributed by atoms with Crippen molar-refractivity contribution in [3.8, 4) is 0 Å². The summed E-state index contributed by atoms with van der Waals surface area (Å²) < 4.78 is 18.6. The first-order valence-electron chi connectivity index (χ1n) is 5.11. The molecule has 1 aliphatic rings. The van der Waals surface area contributed by atoms with Crippen LogP contribution in [0, 0.1) is 5.92 Å². The smallest absolute Gasteiger partial charge is 0.341 e. The van der Waals surface area contributed by atoms with E-state index in [-0.39, 0.29) is 16.4 Å². The first-order valence-corrected chi connectivity index (χ1v) is 6.36. The second-order valence-electron chi connectivity index (χ2n) is 3.62. The van der Waals surface area contributed by atoms with Crippen LogP contribution in [0.2, 0.25) is 0 Å². The Hall–Kier alpha value is 0.130. The number of carbonyl (C=O) groups is 1. The van der Waals surface area contributed by atoms with Gasteiger partial charge in [-0.1, -0.05) is 35.4 Å². The Morgan fingerprint density at radius 3 is 2.79 bits per heavy atom. The molecule has 1 saturated carbocycles. The Balaban J connectivity index is 2.48. The van der Waals surface area contributed by atoms with Gasteiger partial charge in [0, 0.05) is 9.84 Å². The van der Waals surface area contributed by atoms with Crippen LogP contribution in [-0.2, 0) is 9.53 Å². The van der Waals surface area contributed by atoms with Crippen LogP contribution in [0.4, 0.5) is 4.39 Å². The molecule has 82 valence electrons. The SMILES string of the molecule is CCOC(=O)C(F)[C@H]1CCCC[C@@H]1I. The van der Waals surface area contributed by atoms with Gasteiger partial charge in [0.15, 0.2) is 0 Å². The van der Waals surface area contributed by atoms with E-state index in [0.717, 1.165) is 25.7 Å². The molecule has 2 nitrogen and oxygen atoms in total. The Morgan fingerprint density at radius 1 is 1.57 bits per heavy atom. The summed E-state index contributed by atoms with van der Waals surface area (Å²) in [5.74, 6) is -0.815. The normalized spacial score (nSPS) is 29.6. The number of alkyl halides is 2. The van der Waals surface area contributed by atoms with Crippen LogP contribution in [0.5, 0.6) is 0 Å². The lowest BCUT2D eigenvalue weighted by Gasteiger charge is -2.28. The highest BCUT2D eigenvalue weighted by molar-refractivity contribution is 14.1. The van der Waals surface area contributed by atoms with Crippen molar-refractivity contribution < 1.29 is 13.9 Å². The molecule has 0 aromatic heterocycles. The Labute approximate surface area is 97.7 Å². The van der Waals surface area contributed by atoms with Crippen LogP contribution < -0.4 is 0 Å². The molecule has 0 heterocycles. The topological polar surface area (TPSA) is 26.3 Å². The number of halogens is 2. The van der Waals surface area contributed by atoms with E-state index in [0.29, 0.717) is 0 Å². The van der Waals surface area contributed by atoms with Crippen molar-refractivity contribution in [1.82, 2.24) is 0 Å². The fraction of sp³-hybridized carbons (Fsp3) is 0.900. The van der Waals surface area contributed by atoms with E-state index in [1.54, 1.807) is 6.92 Å². The Kier molecular flexibility index (Phi) is 5.12. The monoisotopic (exact) mass is 314 g/mol. The lowest BCUT2D eigenvalue weighted by atomic mass is 9.86. The van der Waals surface area contributed by atoms with Crippen molar-refractivity contribution in [2.24, 2.45) is 5.92 Å². The second-order valence-corrected chi connectivity index (χ2v) is 5.22. The number of hydrogen-bond donors (Lipinski definition) is 0. The highest BCUT2D eigenvalue weighted by atomic mass is 127.